The van der Waals surface area contributed by atoms with Gasteiger partial charge in [-0.05, 0) is 48.5 Å². The van der Waals surface area contributed by atoms with E-state index >= 15 is 0 Å². The summed E-state index contributed by atoms with van der Waals surface area (Å²) in [5.41, 5.74) is 7.46. The monoisotopic (exact) mass is 620 g/mol. The summed E-state index contributed by atoms with van der Waals surface area (Å²) in [7, 11) is 0. The maximum absolute atomic E-state index is 2.55. The molecule has 4 heterocycles. The van der Waals surface area contributed by atoms with E-state index in [-0.39, 0.29) is 0 Å². The van der Waals surface area contributed by atoms with Gasteiger partial charge in [0.25, 0.3) is 0 Å². The summed E-state index contributed by atoms with van der Waals surface area (Å²) >= 11 is 3.82. The topological polar surface area (TPSA) is 9.86 Å². The summed E-state index contributed by atoms with van der Waals surface area (Å²) in [6, 6.07) is 53.6. The molecule has 7 aromatic carbocycles. The third kappa shape index (κ3) is 3.15. The van der Waals surface area contributed by atoms with E-state index in [0.29, 0.717) is 0 Å². The molecular weight excluding hydrogens is 597 g/mol. The van der Waals surface area contributed by atoms with Gasteiger partial charge in [0.1, 0.15) is 0 Å². The number of hydrogen-bond donors (Lipinski definition) is 0. The van der Waals surface area contributed by atoms with Crippen LogP contribution in [0.4, 0.5) is 0 Å². The smallest absolute Gasteiger partial charge is 0.0641 e. The fraction of sp³-hybridized carbons (Fsp3) is 0. The number of rotatable bonds is 2. The quantitative estimate of drug-likeness (QED) is 0.182. The number of fused-ring (bicyclic) bond motifs is 14. The number of thiophene rings is 2. The Bertz CT molecular complexity index is 3020. The van der Waals surface area contributed by atoms with Crippen LogP contribution in [0.15, 0.2) is 146 Å². The van der Waals surface area contributed by atoms with E-state index in [1.165, 1.54) is 95.3 Å². The lowest BCUT2D eigenvalue weighted by Crippen LogP contribution is -1.94. The van der Waals surface area contributed by atoms with Crippen molar-refractivity contribution in [1.82, 2.24) is 9.13 Å². The van der Waals surface area contributed by atoms with Gasteiger partial charge in [0.05, 0.1) is 32.5 Å². The molecule has 0 aliphatic heterocycles. The Morgan fingerprint density at radius 1 is 0.348 bits per heavy atom. The van der Waals surface area contributed by atoms with Crippen molar-refractivity contribution in [2.75, 3.05) is 0 Å². The van der Waals surface area contributed by atoms with Gasteiger partial charge in [0.2, 0.25) is 0 Å². The first kappa shape index (κ1) is 24.8. The minimum atomic E-state index is 1.19. The van der Waals surface area contributed by atoms with Gasteiger partial charge >= 0.3 is 0 Å². The average molecular weight is 621 g/mol. The van der Waals surface area contributed by atoms with Crippen LogP contribution in [0, 0.1) is 0 Å². The van der Waals surface area contributed by atoms with Crippen molar-refractivity contribution in [1.29, 1.82) is 0 Å². The molecule has 0 atom stereocenters. The van der Waals surface area contributed by atoms with Gasteiger partial charge in [-0.15, -0.1) is 22.7 Å². The van der Waals surface area contributed by atoms with Crippen molar-refractivity contribution in [2.24, 2.45) is 0 Å². The van der Waals surface area contributed by atoms with Gasteiger partial charge in [-0.3, -0.25) is 0 Å². The number of para-hydroxylation sites is 3. The Balaban J connectivity index is 1.33. The van der Waals surface area contributed by atoms with E-state index in [2.05, 4.69) is 155 Å². The van der Waals surface area contributed by atoms with Crippen molar-refractivity contribution in [3.63, 3.8) is 0 Å². The highest BCUT2D eigenvalue weighted by Gasteiger charge is 2.22. The fourth-order valence-corrected chi connectivity index (χ4v) is 10.3. The second-order valence-electron chi connectivity index (χ2n) is 12.1. The van der Waals surface area contributed by atoms with Crippen LogP contribution in [0.5, 0.6) is 0 Å². The number of aromatic nitrogens is 2. The van der Waals surface area contributed by atoms with Crippen LogP contribution in [0.2, 0.25) is 0 Å². The van der Waals surface area contributed by atoms with Crippen LogP contribution in [0.25, 0.3) is 95.3 Å². The molecule has 0 saturated carbocycles. The summed E-state index contributed by atoms with van der Waals surface area (Å²) in [6.45, 7) is 0. The minimum absolute atomic E-state index is 1.19. The van der Waals surface area contributed by atoms with Crippen LogP contribution < -0.4 is 0 Å². The highest BCUT2D eigenvalue weighted by molar-refractivity contribution is 7.27. The standard InChI is InChI=1S/C42H24N2S2/c1-2-11-25(12-3-1)43-33-18-8-5-15-30(33)38-34(43)23-21-31-39-37(46-42(31)38)24-22-28-26-13-4-7-17-32(26)44(40(28)39)35-19-10-16-29-27-14-6-9-20-36(27)45-41(29)35/h1-24H. The van der Waals surface area contributed by atoms with E-state index in [4.69, 9.17) is 0 Å². The molecule has 0 bridgehead atoms. The molecule has 0 aliphatic carbocycles. The highest BCUT2D eigenvalue weighted by atomic mass is 32.1. The summed E-state index contributed by atoms with van der Waals surface area (Å²) in [6.07, 6.45) is 0. The minimum Gasteiger partial charge on any atom is -0.309 e. The predicted molar refractivity (Wildman–Crippen MR) is 201 cm³/mol. The molecule has 0 aliphatic rings. The predicted octanol–water partition coefficient (Wildman–Crippen LogP) is 12.6. The number of nitrogens with zero attached hydrogens (tertiary/aromatic N) is 2. The maximum atomic E-state index is 2.55. The Labute approximate surface area is 271 Å². The zero-order valence-corrected chi connectivity index (χ0v) is 26.2. The molecule has 0 saturated heterocycles. The van der Waals surface area contributed by atoms with Gasteiger partial charge in [-0.25, -0.2) is 0 Å². The lowest BCUT2D eigenvalue weighted by Gasteiger charge is -2.10. The zero-order valence-electron chi connectivity index (χ0n) is 24.6. The average Bonchev–Trinajstić information content (AvgIpc) is 3.86. The van der Waals surface area contributed by atoms with E-state index in [0.717, 1.165) is 0 Å². The van der Waals surface area contributed by atoms with Gasteiger partial charge in [-0.2, -0.15) is 0 Å². The van der Waals surface area contributed by atoms with Crippen molar-refractivity contribution < 1.29 is 0 Å². The molecule has 0 amide bonds. The summed E-state index contributed by atoms with van der Waals surface area (Å²) in [5.74, 6) is 0. The maximum Gasteiger partial charge on any atom is 0.0641 e. The van der Waals surface area contributed by atoms with E-state index in [1.54, 1.807) is 0 Å². The van der Waals surface area contributed by atoms with Crippen molar-refractivity contribution in [3.8, 4) is 11.4 Å². The number of benzene rings is 7. The third-order valence-corrected chi connectivity index (χ3v) is 12.1. The Morgan fingerprint density at radius 3 is 1.89 bits per heavy atom. The summed E-state index contributed by atoms with van der Waals surface area (Å²) < 4.78 is 10.3. The molecule has 0 fully saturated rings. The molecule has 2 nitrogen and oxygen atoms in total. The normalized spacial score (nSPS) is 12.3. The molecule has 4 aromatic heterocycles. The highest BCUT2D eigenvalue weighted by Crippen LogP contribution is 2.48. The molecular formula is C42H24N2S2. The van der Waals surface area contributed by atoms with E-state index < -0.39 is 0 Å². The largest absolute Gasteiger partial charge is 0.309 e. The van der Waals surface area contributed by atoms with Gasteiger partial charge in [-0.1, -0.05) is 97.1 Å². The van der Waals surface area contributed by atoms with E-state index in [9.17, 15) is 0 Å². The first-order valence-electron chi connectivity index (χ1n) is 15.6. The first-order valence-corrected chi connectivity index (χ1v) is 17.2. The molecule has 0 radical (unpaired) electrons. The molecule has 0 N–H and O–H groups in total. The Kier molecular flexibility index (Phi) is 4.90. The number of hydrogen-bond acceptors (Lipinski definition) is 2. The van der Waals surface area contributed by atoms with Crippen LogP contribution >= 0.6 is 22.7 Å². The van der Waals surface area contributed by atoms with Gasteiger partial charge < -0.3 is 9.13 Å². The molecule has 11 rings (SSSR count). The first-order chi connectivity index (χ1) is 22.8. The van der Waals surface area contributed by atoms with E-state index in [1.807, 2.05) is 22.7 Å². The molecule has 46 heavy (non-hydrogen) atoms. The van der Waals surface area contributed by atoms with Gasteiger partial charge in [0, 0.05) is 62.9 Å². The van der Waals surface area contributed by atoms with Crippen LogP contribution in [0.3, 0.4) is 0 Å². The Morgan fingerprint density at radius 2 is 1.02 bits per heavy atom. The lowest BCUT2D eigenvalue weighted by molar-refractivity contribution is 1.18. The molecule has 4 heteroatoms. The summed E-state index contributed by atoms with van der Waals surface area (Å²) in [5, 5.41) is 10.5. The van der Waals surface area contributed by atoms with Crippen LogP contribution in [0.1, 0.15) is 0 Å². The van der Waals surface area contributed by atoms with Gasteiger partial charge in [0.15, 0.2) is 0 Å². The Hall–Kier alpha value is -5.42. The summed E-state index contributed by atoms with van der Waals surface area (Å²) in [4.78, 5) is 0. The van der Waals surface area contributed by atoms with Crippen molar-refractivity contribution in [3.05, 3.63) is 146 Å². The second kappa shape index (κ2) is 9.07. The molecule has 214 valence electrons. The zero-order chi connectivity index (χ0) is 29.9. The van der Waals surface area contributed by atoms with Crippen molar-refractivity contribution in [2.45, 2.75) is 0 Å². The molecule has 0 unspecified atom stereocenters. The van der Waals surface area contributed by atoms with Crippen LogP contribution in [-0.2, 0) is 0 Å². The lowest BCUT2D eigenvalue weighted by atomic mass is 10.1. The molecule has 0 spiro atoms. The SMILES string of the molecule is c1ccc(-n2c3ccccc3c3c4sc5ccc6c7ccccc7n(-c7cccc8c7sc7ccccc78)c6c5c4ccc32)cc1. The molecule has 11 aromatic rings. The van der Waals surface area contributed by atoms with Crippen LogP contribution in [-0.4, -0.2) is 9.13 Å². The fourth-order valence-electron chi connectivity index (χ4n) is 7.84. The van der Waals surface area contributed by atoms with Crippen molar-refractivity contribution >= 4 is 107 Å². The second-order valence-corrected chi connectivity index (χ2v) is 14.2. The third-order valence-electron chi connectivity index (χ3n) is 9.71.